The van der Waals surface area contributed by atoms with E-state index in [1.807, 2.05) is 11.8 Å². The van der Waals surface area contributed by atoms with E-state index in [-0.39, 0.29) is 29.6 Å². The van der Waals surface area contributed by atoms with Crippen molar-refractivity contribution in [3.8, 4) is 0 Å². The zero-order chi connectivity index (χ0) is 13.1. The lowest BCUT2D eigenvalue weighted by Crippen LogP contribution is -2.47. The van der Waals surface area contributed by atoms with E-state index in [1.165, 1.54) is 7.11 Å². The molecule has 18 heavy (non-hydrogen) atoms. The van der Waals surface area contributed by atoms with E-state index >= 15 is 0 Å². The van der Waals surface area contributed by atoms with Gasteiger partial charge in [-0.25, -0.2) is 0 Å². The summed E-state index contributed by atoms with van der Waals surface area (Å²) >= 11 is 0. The molecule has 0 radical (unpaired) electrons. The molecule has 0 aromatic heterocycles. The van der Waals surface area contributed by atoms with Crippen molar-refractivity contribution in [1.82, 2.24) is 4.90 Å². The predicted molar refractivity (Wildman–Crippen MR) is 67.7 cm³/mol. The molecule has 4 heteroatoms. The highest BCUT2D eigenvalue weighted by molar-refractivity contribution is 5.80. The lowest BCUT2D eigenvalue weighted by Gasteiger charge is -2.36. The number of hydrogen-bond donors (Lipinski definition) is 0. The van der Waals surface area contributed by atoms with Crippen molar-refractivity contribution in [2.45, 2.75) is 26.2 Å². The summed E-state index contributed by atoms with van der Waals surface area (Å²) in [5.74, 6) is 0.365. The van der Waals surface area contributed by atoms with E-state index in [1.54, 1.807) is 0 Å². The quantitative estimate of drug-likeness (QED) is 0.553. The van der Waals surface area contributed by atoms with Crippen LogP contribution in [-0.2, 0) is 14.3 Å². The molecule has 1 aliphatic heterocycles. The second-order valence-electron chi connectivity index (χ2n) is 5.32. The third-order valence-electron chi connectivity index (χ3n) is 4.08. The topological polar surface area (TPSA) is 46.6 Å². The Morgan fingerprint density at radius 3 is 2.50 bits per heavy atom. The van der Waals surface area contributed by atoms with E-state index in [0.29, 0.717) is 13.1 Å². The molecule has 1 fully saturated rings. The number of amides is 1. The number of allylic oxidation sites excluding steroid dienone is 2. The molecule has 1 amide bonds. The van der Waals surface area contributed by atoms with Crippen molar-refractivity contribution in [3.05, 3.63) is 12.2 Å². The highest BCUT2D eigenvalue weighted by Crippen LogP contribution is 2.28. The van der Waals surface area contributed by atoms with Crippen LogP contribution in [0, 0.1) is 17.8 Å². The molecule has 100 valence electrons. The van der Waals surface area contributed by atoms with Crippen LogP contribution in [0.25, 0.3) is 0 Å². The largest absolute Gasteiger partial charge is 0.469 e. The summed E-state index contributed by atoms with van der Waals surface area (Å²) in [5, 5.41) is 0. The lowest BCUT2D eigenvalue weighted by atomic mass is 9.86. The summed E-state index contributed by atoms with van der Waals surface area (Å²) in [5.41, 5.74) is 0. The summed E-state index contributed by atoms with van der Waals surface area (Å²) in [6, 6.07) is 0. The highest BCUT2D eigenvalue weighted by atomic mass is 16.5. The van der Waals surface area contributed by atoms with Gasteiger partial charge in [0.2, 0.25) is 5.91 Å². The van der Waals surface area contributed by atoms with Gasteiger partial charge in [-0.1, -0.05) is 19.1 Å². The smallest absolute Gasteiger partial charge is 0.309 e. The fourth-order valence-corrected chi connectivity index (χ4v) is 2.92. The molecule has 2 aliphatic rings. The average Bonchev–Trinajstić information content (AvgIpc) is 2.90. The number of piperidine rings is 1. The third kappa shape index (κ3) is 2.57. The molecule has 1 aliphatic carbocycles. The van der Waals surface area contributed by atoms with Crippen molar-refractivity contribution in [2.24, 2.45) is 17.8 Å². The minimum absolute atomic E-state index is 0.0549. The second-order valence-corrected chi connectivity index (χ2v) is 5.32. The van der Waals surface area contributed by atoms with Crippen LogP contribution in [0.4, 0.5) is 0 Å². The van der Waals surface area contributed by atoms with Gasteiger partial charge in [0.05, 0.1) is 13.0 Å². The maximum atomic E-state index is 12.3. The maximum Gasteiger partial charge on any atom is 0.309 e. The van der Waals surface area contributed by atoms with Gasteiger partial charge in [0, 0.05) is 19.0 Å². The maximum absolute atomic E-state index is 12.3. The second kappa shape index (κ2) is 5.55. The summed E-state index contributed by atoms with van der Waals surface area (Å²) in [4.78, 5) is 25.8. The SMILES string of the molecule is COC(=O)[C@H]1CCN(C(=O)C2CC=CC2)C[C@@H]1C. The van der Waals surface area contributed by atoms with Crippen molar-refractivity contribution in [3.63, 3.8) is 0 Å². The number of esters is 1. The van der Waals surface area contributed by atoms with Crippen LogP contribution in [-0.4, -0.2) is 37.0 Å². The van der Waals surface area contributed by atoms with Crippen LogP contribution in [0.5, 0.6) is 0 Å². The number of carbonyl (C=O) groups excluding carboxylic acids is 2. The van der Waals surface area contributed by atoms with Gasteiger partial charge in [0.25, 0.3) is 0 Å². The first kappa shape index (κ1) is 13.1. The number of nitrogens with zero attached hydrogens (tertiary/aromatic N) is 1. The Morgan fingerprint density at radius 2 is 1.94 bits per heavy atom. The summed E-state index contributed by atoms with van der Waals surface area (Å²) in [7, 11) is 1.43. The van der Waals surface area contributed by atoms with Crippen LogP contribution in [0.3, 0.4) is 0 Å². The molecule has 4 nitrogen and oxygen atoms in total. The molecule has 2 atom stereocenters. The van der Waals surface area contributed by atoms with E-state index in [0.717, 1.165) is 19.3 Å². The Labute approximate surface area is 108 Å². The average molecular weight is 251 g/mol. The standard InChI is InChI=1S/C14H21NO3/c1-10-9-15(8-7-12(10)14(17)18-2)13(16)11-5-3-4-6-11/h3-4,10-12H,5-9H2,1-2H3/t10-,12-/m0/s1. The van der Waals surface area contributed by atoms with Gasteiger partial charge in [-0.3, -0.25) is 9.59 Å². The van der Waals surface area contributed by atoms with Gasteiger partial charge in [0.1, 0.15) is 0 Å². The van der Waals surface area contributed by atoms with Crippen molar-refractivity contribution >= 4 is 11.9 Å². The summed E-state index contributed by atoms with van der Waals surface area (Å²) < 4.78 is 4.80. The Hall–Kier alpha value is -1.32. The molecule has 0 aromatic rings. The molecular weight excluding hydrogens is 230 g/mol. The fraction of sp³-hybridized carbons (Fsp3) is 0.714. The van der Waals surface area contributed by atoms with Gasteiger partial charge in [0.15, 0.2) is 0 Å². The summed E-state index contributed by atoms with van der Waals surface area (Å²) in [6.45, 7) is 3.38. The van der Waals surface area contributed by atoms with Gasteiger partial charge < -0.3 is 9.64 Å². The molecule has 0 unspecified atom stereocenters. The first-order valence-electron chi connectivity index (χ1n) is 6.65. The first-order valence-corrected chi connectivity index (χ1v) is 6.65. The molecule has 0 saturated carbocycles. The third-order valence-corrected chi connectivity index (χ3v) is 4.08. The van der Waals surface area contributed by atoms with E-state index in [4.69, 9.17) is 4.74 Å². The minimum Gasteiger partial charge on any atom is -0.469 e. The number of methoxy groups -OCH3 is 1. The summed E-state index contributed by atoms with van der Waals surface area (Å²) in [6.07, 6.45) is 6.61. The van der Waals surface area contributed by atoms with Crippen molar-refractivity contribution in [1.29, 1.82) is 0 Å². The van der Waals surface area contributed by atoms with Crippen molar-refractivity contribution < 1.29 is 14.3 Å². The van der Waals surface area contributed by atoms with Gasteiger partial charge in [-0.2, -0.15) is 0 Å². The van der Waals surface area contributed by atoms with Gasteiger partial charge in [-0.15, -0.1) is 0 Å². The highest BCUT2D eigenvalue weighted by Gasteiger charge is 2.35. The van der Waals surface area contributed by atoms with Crippen LogP contribution in [0.1, 0.15) is 26.2 Å². The van der Waals surface area contributed by atoms with E-state index in [9.17, 15) is 9.59 Å². The van der Waals surface area contributed by atoms with E-state index < -0.39 is 0 Å². The number of ether oxygens (including phenoxy) is 1. The Balaban J connectivity index is 1.91. The number of carbonyl (C=O) groups is 2. The zero-order valence-electron chi connectivity index (χ0n) is 11.1. The molecule has 0 aromatic carbocycles. The monoisotopic (exact) mass is 251 g/mol. The van der Waals surface area contributed by atoms with E-state index in [2.05, 4.69) is 12.2 Å². The minimum atomic E-state index is -0.142. The Morgan fingerprint density at radius 1 is 1.28 bits per heavy atom. The molecule has 0 bridgehead atoms. The van der Waals surface area contributed by atoms with Crippen LogP contribution in [0.15, 0.2) is 12.2 Å². The van der Waals surface area contributed by atoms with Crippen LogP contribution >= 0.6 is 0 Å². The van der Waals surface area contributed by atoms with Crippen LogP contribution < -0.4 is 0 Å². The van der Waals surface area contributed by atoms with Crippen molar-refractivity contribution in [2.75, 3.05) is 20.2 Å². The number of hydrogen-bond acceptors (Lipinski definition) is 3. The predicted octanol–water partition coefficient (Wildman–Crippen LogP) is 1.61. The van der Waals surface area contributed by atoms with Crippen LogP contribution in [0.2, 0.25) is 0 Å². The Bertz CT molecular complexity index is 356. The molecule has 1 saturated heterocycles. The first-order chi connectivity index (χ1) is 8.63. The molecule has 2 rings (SSSR count). The molecular formula is C14H21NO3. The Kier molecular flexibility index (Phi) is 4.04. The normalized spacial score (nSPS) is 28.4. The number of rotatable bonds is 2. The molecule has 1 heterocycles. The van der Waals surface area contributed by atoms with Gasteiger partial charge in [-0.05, 0) is 25.2 Å². The molecule has 0 N–H and O–H groups in total. The van der Waals surface area contributed by atoms with Gasteiger partial charge >= 0.3 is 5.97 Å². The fourth-order valence-electron chi connectivity index (χ4n) is 2.92. The lowest BCUT2D eigenvalue weighted by molar-refractivity contribution is -0.152. The molecule has 0 spiro atoms. The zero-order valence-corrected chi connectivity index (χ0v) is 11.1. The number of likely N-dealkylation sites (tertiary alicyclic amines) is 1.